The minimum Gasteiger partial charge on any atom is -0.449 e. The molecule has 1 aliphatic heterocycles. The van der Waals surface area contributed by atoms with Gasteiger partial charge in [0.25, 0.3) is 17.7 Å². The second kappa shape index (κ2) is 9.54. The third-order valence-electron chi connectivity index (χ3n) is 5.44. The van der Waals surface area contributed by atoms with Crippen molar-refractivity contribution < 1.29 is 23.9 Å². The number of nitrogens with one attached hydrogen (secondary N) is 1. The summed E-state index contributed by atoms with van der Waals surface area (Å²) in [5.41, 5.74) is 2.77. The Balaban J connectivity index is 1.47. The van der Waals surface area contributed by atoms with Crippen molar-refractivity contribution in [3.63, 3.8) is 0 Å². The average molecular weight is 454 g/mol. The van der Waals surface area contributed by atoms with Gasteiger partial charge in [0.05, 0.1) is 16.7 Å². The highest BCUT2D eigenvalue weighted by Gasteiger charge is 2.35. The third kappa shape index (κ3) is 4.36. The number of nitrogens with zero attached hydrogens (tertiary/aromatic N) is 1. The van der Waals surface area contributed by atoms with Gasteiger partial charge in [-0.15, -0.1) is 6.58 Å². The first-order valence-electron chi connectivity index (χ1n) is 10.7. The molecule has 0 spiro atoms. The lowest BCUT2D eigenvalue weighted by molar-refractivity contribution is -0.123. The molecule has 0 fully saturated rings. The largest absolute Gasteiger partial charge is 0.449 e. The van der Waals surface area contributed by atoms with Crippen molar-refractivity contribution in [3.05, 3.63) is 102 Å². The molecule has 0 saturated heterocycles. The van der Waals surface area contributed by atoms with Gasteiger partial charge in [-0.3, -0.25) is 19.3 Å². The van der Waals surface area contributed by atoms with E-state index in [1.807, 2.05) is 42.5 Å². The van der Waals surface area contributed by atoms with Crippen LogP contribution < -0.4 is 5.32 Å². The minimum absolute atomic E-state index is 0.0738. The molecule has 7 heteroatoms. The van der Waals surface area contributed by atoms with Crippen molar-refractivity contribution in [2.45, 2.75) is 13.0 Å². The molecule has 0 radical (unpaired) electrons. The number of fused-ring (bicyclic) bond motifs is 1. The van der Waals surface area contributed by atoms with Crippen molar-refractivity contribution in [2.24, 2.45) is 0 Å². The standard InChI is InChI=1S/C27H22N2O5/c1-3-15-29-25(31)21-14-13-19(16-22(21)26(29)32)27(33)34-17(2)24(30)28-23-12-8-7-11-20(23)18-9-5-4-6-10-18/h3-14,16-17H,1,15H2,2H3,(H,28,30)/t17-/m1/s1. The summed E-state index contributed by atoms with van der Waals surface area (Å²) in [5, 5.41) is 2.81. The van der Waals surface area contributed by atoms with Gasteiger partial charge in [-0.05, 0) is 36.8 Å². The second-order valence-corrected chi connectivity index (χ2v) is 7.72. The summed E-state index contributed by atoms with van der Waals surface area (Å²) in [5.74, 6) is -2.21. The summed E-state index contributed by atoms with van der Waals surface area (Å²) in [6.07, 6.45) is 0.353. The van der Waals surface area contributed by atoms with Gasteiger partial charge in [-0.1, -0.05) is 54.6 Å². The van der Waals surface area contributed by atoms with Crippen molar-refractivity contribution in [2.75, 3.05) is 11.9 Å². The number of hydrogen-bond acceptors (Lipinski definition) is 5. The molecule has 0 aliphatic carbocycles. The first kappa shape index (κ1) is 22.7. The van der Waals surface area contributed by atoms with Crippen LogP contribution in [0.1, 0.15) is 38.0 Å². The van der Waals surface area contributed by atoms with Crippen LogP contribution in [0, 0.1) is 0 Å². The molecule has 1 atom stereocenters. The van der Waals surface area contributed by atoms with E-state index in [1.165, 1.54) is 31.2 Å². The van der Waals surface area contributed by atoms with Crippen LogP contribution >= 0.6 is 0 Å². The molecule has 0 bridgehead atoms. The highest BCUT2D eigenvalue weighted by molar-refractivity contribution is 6.22. The zero-order valence-corrected chi connectivity index (χ0v) is 18.5. The number of carbonyl (C=O) groups excluding carboxylic acids is 4. The van der Waals surface area contributed by atoms with Crippen LogP contribution in [0.2, 0.25) is 0 Å². The Bertz CT molecular complexity index is 1300. The van der Waals surface area contributed by atoms with Gasteiger partial charge in [-0.25, -0.2) is 4.79 Å². The fraction of sp³-hybridized carbons (Fsp3) is 0.111. The fourth-order valence-electron chi connectivity index (χ4n) is 3.69. The third-order valence-corrected chi connectivity index (χ3v) is 5.44. The lowest BCUT2D eigenvalue weighted by Crippen LogP contribution is -2.30. The maximum atomic E-state index is 12.8. The summed E-state index contributed by atoms with van der Waals surface area (Å²) in [6, 6.07) is 21.1. The summed E-state index contributed by atoms with van der Waals surface area (Å²) < 4.78 is 5.34. The molecule has 3 aromatic rings. The molecule has 34 heavy (non-hydrogen) atoms. The second-order valence-electron chi connectivity index (χ2n) is 7.72. The molecule has 1 heterocycles. The van der Waals surface area contributed by atoms with Crippen molar-refractivity contribution in [3.8, 4) is 11.1 Å². The number of benzene rings is 3. The van der Waals surface area contributed by atoms with Crippen molar-refractivity contribution in [1.29, 1.82) is 0 Å². The molecule has 0 unspecified atom stereocenters. The highest BCUT2D eigenvalue weighted by Crippen LogP contribution is 2.28. The lowest BCUT2D eigenvalue weighted by Gasteiger charge is -2.16. The van der Waals surface area contributed by atoms with Crippen molar-refractivity contribution in [1.82, 2.24) is 4.90 Å². The van der Waals surface area contributed by atoms with Crippen LogP contribution in [0.5, 0.6) is 0 Å². The maximum Gasteiger partial charge on any atom is 0.338 e. The number of para-hydroxylation sites is 1. The Morgan fingerprint density at radius 3 is 2.35 bits per heavy atom. The Hall–Kier alpha value is -4.52. The molecule has 3 amide bonds. The molecule has 4 rings (SSSR count). The highest BCUT2D eigenvalue weighted by atomic mass is 16.5. The van der Waals surface area contributed by atoms with E-state index in [0.717, 1.165) is 16.0 Å². The number of amides is 3. The predicted molar refractivity (Wildman–Crippen MR) is 127 cm³/mol. The van der Waals surface area contributed by atoms with Gasteiger partial charge in [0.15, 0.2) is 6.10 Å². The number of ether oxygens (including phenoxy) is 1. The molecule has 0 saturated carbocycles. The average Bonchev–Trinajstić information content (AvgIpc) is 3.09. The van der Waals surface area contributed by atoms with E-state index in [2.05, 4.69) is 11.9 Å². The smallest absolute Gasteiger partial charge is 0.338 e. The lowest BCUT2D eigenvalue weighted by atomic mass is 10.0. The first-order valence-corrected chi connectivity index (χ1v) is 10.7. The van der Waals surface area contributed by atoms with Gasteiger partial charge in [0, 0.05) is 17.8 Å². The zero-order chi connectivity index (χ0) is 24.2. The van der Waals surface area contributed by atoms with E-state index < -0.39 is 29.8 Å². The van der Waals surface area contributed by atoms with Gasteiger partial charge < -0.3 is 10.1 Å². The molecule has 3 aromatic carbocycles. The van der Waals surface area contributed by atoms with Gasteiger partial charge in [-0.2, -0.15) is 0 Å². The Labute approximate surface area is 196 Å². The van der Waals surface area contributed by atoms with Gasteiger partial charge >= 0.3 is 5.97 Å². The van der Waals surface area contributed by atoms with Gasteiger partial charge in [0.1, 0.15) is 0 Å². The summed E-state index contributed by atoms with van der Waals surface area (Å²) >= 11 is 0. The maximum absolute atomic E-state index is 12.8. The molecular formula is C27H22N2O5. The molecule has 1 aliphatic rings. The SMILES string of the molecule is C=CCN1C(=O)c2ccc(C(=O)O[C@H](C)C(=O)Nc3ccccc3-c3ccccc3)cc2C1=O. The molecule has 7 nitrogen and oxygen atoms in total. The van der Waals surface area contributed by atoms with E-state index >= 15 is 0 Å². The Morgan fingerprint density at radius 2 is 1.62 bits per heavy atom. The van der Waals surface area contributed by atoms with Gasteiger partial charge in [0.2, 0.25) is 0 Å². The molecule has 1 N–H and O–H groups in total. The van der Waals surface area contributed by atoms with Crippen LogP contribution in [-0.2, 0) is 9.53 Å². The summed E-state index contributed by atoms with van der Waals surface area (Å²) in [4.78, 5) is 51.3. The van der Waals surface area contributed by atoms with Crippen LogP contribution in [0.3, 0.4) is 0 Å². The number of esters is 1. The first-order chi connectivity index (χ1) is 16.4. The van der Waals surface area contributed by atoms with Crippen molar-refractivity contribution >= 4 is 29.4 Å². The topological polar surface area (TPSA) is 92.8 Å². The van der Waals surface area contributed by atoms with Crippen LogP contribution in [0.4, 0.5) is 5.69 Å². The molecule has 0 aromatic heterocycles. The number of imide groups is 1. The molecule has 170 valence electrons. The Kier molecular flexibility index (Phi) is 6.36. The number of hydrogen-bond donors (Lipinski definition) is 1. The van der Waals surface area contributed by atoms with E-state index in [4.69, 9.17) is 4.74 Å². The van der Waals surface area contributed by atoms with E-state index in [-0.39, 0.29) is 23.2 Å². The van der Waals surface area contributed by atoms with Crippen LogP contribution in [-0.4, -0.2) is 41.2 Å². The predicted octanol–water partition coefficient (Wildman–Crippen LogP) is 4.32. The number of anilines is 1. The number of rotatable bonds is 7. The Morgan fingerprint density at radius 1 is 0.941 bits per heavy atom. The summed E-state index contributed by atoms with van der Waals surface area (Å²) in [7, 11) is 0. The fourth-order valence-corrected chi connectivity index (χ4v) is 3.69. The minimum atomic E-state index is -1.10. The molecular weight excluding hydrogens is 432 g/mol. The zero-order valence-electron chi connectivity index (χ0n) is 18.5. The van der Waals surface area contributed by atoms with Crippen LogP contribution in [0.15, 0.2) is 85.5 Å². The van der Waals surface area contributed by atoms with E-state index in [1.54, 1.807) is 12.1 Å². The monoisotopic (exact) mass is 454 g/mol. The van der Waals surface area contributed by atoms with Crippen LogP contribution in [0.25, 0.3) is 11.1 Å². The van der Waals surface area contributed by atoms with E-state index in [0.29, 0.717) is 5.69 Å². The summed E-state index contributed by atoms with van der Waals surface area (Å²) in [6.45, 7) is 5.09. The number of carbonyl (C=O) groups is 4. The quantitative estimate of drug-likeness (QED) is 0.326. The van der Waals surface area contributed by atoms with E-state index in [9.17, 15) is 19.2 Å². The normalized spacial score (nSPS) is 13.3.